The average molecular weight is 323 g/mol. The zero-order chi connectivity index (χ0) is 15.0. The number of hydrogen-bond donors (Lipinski definition) is 2. The first-order valence-corrected chi connectivity index (χ1v) is 8.61. The second-order valence-corrected chi connectivity index (χ2v) is 6.63. The van der Waals surface area contributed by atoms with E-state index in [4.69, 9.17) is 30.9 Å². The summed E-state index contributed by atoms with van der Waals surface area (Å²) in [6.45, 7) is 0.530. The monoisotopic (exact) mass is 322 g/mol. The molecule has 0 fully saturated rings. The Balaban J connectivity index is 2.17. The molecule has 0 aliphatic heterocycles. The number of unbranched alkanes of at least 4 members (excludes halogenated alkanes) is 3. The van der Waals surface area contributed by atoms with Crippen LogP contribution in [0.1, 0.15) is 25.7 Å². The van der Waals surface area contributed by atoms with Gasteiger partial charge >= 0.3 is 7.60 Å². The fourth-order valence-electron chi connectivity index (χ4n) is 1.68. The summed E-state index contributed by atoms with van der Waals surface area (Å²) in [4.78, 5) is 17.4. The Morgan fingerprint density at radius 3 is 2.50 bits per heavy atom. The number of ether oxygens (including phenoxy) is 2. The summed E-state index contributed by atoms with van der Waals surface area (Å²) in [7, 11) is -2.27. The zero-order valence-corrected chi connectivity index (χ0v) is 13.1. The predicted molar refractivity (Wildman–Crippen MR) is 78.9 cm³/mol. The van der Waals surface area contributed by atoms with Crippen LogP contribution in [0.5, 0.6) is 11.5 Å². The maximum absolute atomic E-state index is 10.6. The molecule has 0 saturated carbocycles. The van der Waals surface area contributed by atoms with E-state index in [0.717, 1.165) is 19.3 Å². The van der Waals surface area contributed by atoms with E-state index >= 15 is 0 Å². The molecule has 20 heavy (non-hydrogen) atoms. The van der Waals surface area contributed by atoms with Crippen LogP contribution in [0.4, 0.5) is 0 Å². The fourth-order valence-corrected chi connectivity index (χ4v) is 2.54. The Kier molecular flexibility index (Phi) is 7.38. The molecule has 0 saturated heterocycles. The minimum Gasteiger partial charge on any atom is -0.497 e. The molecule has 0 aromatic heterocycles. The molecule has 0 atom stereocenters. The van der Waals surface area contributed by atoms with Crippen LogP contribution in [0.25, 0.3) is 0 Å². The van der Waals surface area contributed by atoms with Crippen molar-refractivity contribution < 1.29 is 23.8 Å². The molecule has 114 valence electrons. The highest BCUT2D eigenvalue weighted by atomic mass is 35.5. The van der Waals surface area contributed by atoms with Gasteiger partial charge in [0, 0.05) is 12.2 Å². The van der Waals surface area contributed by atoms with E-state index in [9.17, 15) is 4.57 Å². The van der Waals surface area contributed by atoms with Crippen molar-refractivity contribution in [3.8, 4) is 11.5 Å². The van der Waals surface area contributed by atoms with Gasteiger partial charge in [0.05, 0.1) is 18.7 Å². The van der Waals surface area contributed by atoms with Gasteiger partial charge in [0.1, 0.15) is 11.5 Å². The second kappa shape index (κ2) is 8.53. The molecule has 7 heteroatoms. The average Bonchev–Trinajstić information content (AvgIpc) is 2.37. The van der Waals surface area contributed by atoms with Gasteiger partial charge in [0.15, 0.2) is 0 Å². The molecule has 0 heterocycles. The van der Waals surface area contributed by atoms with Crippen LogP contribution in [0.3, 0.4) is 0 Å². The Morgan fingerprint density at radius 2 is 1.90 bits per heavy atom. The highest BCUT2D eigenvalue weighted by Gasteiger charge is 2.11. The largest absolute Gasteiger partial charge is 0.497 e. The summed E-state index contributed by atoms with van der Waals surface area (Å²) in [5.41, 5.74) is 0. The molecule has 0 radical (unpaired) electrons. The van der Waals surface area contributed by atoms with Crippen LogP contribution in [0, 0.1) is 0 Å². The minimum absolute atomic E-state index is 0.0435. The van der Waals surface area contributed by atoms with Gasteiger partial charge in [-0.1, -0.05) is 24.4 Å². The Morgan fingerprint density at radius 1 is 1.20 bits per heavy atom. The highest BCUT2D eigenvalue weighted by Crippen LogP contribution is 2.35. The van der Waals surface area contributed by atoms with Gasteiger partial charge in [-0.25, -0.2) is 0 Å². The first-order valence-electron chi connectivity index (χ1n) is 6.43. The minimum atomic E-state index is -3.84. The van der Waals surface area contributed by atoms with E-state index in [-0.39, 0.29) is 6.16 Å². The summed E-state index contributed by atoms with van der Waals surface area (Å²) < 4.78 is 21.2. The van der Waals surface area contributed by atoms with Gasteiger partial charge in [0.25, 0.3) is 0 Å². The maximum atomic E-state index is 10.6. The zero-order valence-electron chi connectivity index (χ0n) is 11.4. The maximum Gasteiger partial charge on any atom is 0.325 e. The summed E-state index contributed by atoms with van der Waals surface area (Å²) in [5.74, 6) is 1.29. The lowest BCUT2D eigenvalue weighted by Crippen LogP contribution is -1.98. The van der Waals surface area contributed by atoms with Gasteiger partial charge in [0.2, 0.25) is 0 Å². The second-order valence-electron chi connectivity index (χ2n) is 4.45. The molecule has 1 aromatic carbocycles. The predicted octanol–water partition coefficient (Wildman–Crippen LogP) is 3.47. The van der Waals surface area contributed by atoms with Crippen molar-refractivity contribution >= 4 is 19.2 Å². The fraction of sp³-hybridized carbons (Fsp3) is 0.538. The van der Waals surface area contributed by atoms with E-state index in [2.05, 4.69) is 0 Å². The van der Waals surface area contributed by atoms with E-state index in [0.29, 0.717) is 29.5 Å². The van der Waals surface area contributed by atoms with Crippen LogP contribution < -0.4 is 9.47 Å². The molecule has 1 aromatic rings. The van der Waals surface area contributed by atoms with Crippen molar-refractivity contribution in [1.82, 2.24) is 0 Å². The molecule has 0 bridgehead atoms. The van der Waals surface area contributed by atoms with Crippen molar-refractivity contribution in [2.45, 2.75) is 25.7 Å². The smallest absolute Gasteiger partial charge is 0.325 e. The molecule has 0 amide bonds. The standard InChI is InChI=1S/C13H20ClO5P/c1-18-11-6-7-13(12(14)10-11)19-8-4-2-3-5-9-20(15,16)17/h6-7,10H,2-5,8-9H2,1H3,(H2,15,16,17). The number of benzene rings is 1. The van der Waals surface area contributed by atoms with Gasteiger partial charge in [-0.05, 0) is 25.0 Å². The lowest BCUT2D eigenvalue weighted by Gasteiger charge is -2.09. The molecule has 0 unspecified atom stereocenters. The highest BCUT2D eigenvalue weighted by molar-refractivity contribution is 7.51. The number of methoxy groups -OCH3 is 1. The Bertz CT molecular complexity index is 460. The topological polar surface area (TPSA) is 76.0 Å². The number of hydrogen-bond acceptors (Lipinski definition) is 3. The van der Waals surface area contributed by atoms with Crippen molar-refractivity contribution in [3.05, 3.63) is 23.2 Å². The van der Waals surface area contributed by atoms with E-state index < -0.39 is 7.60 Å². The molecular weight excluding hydrogens is 303 g/mol. The van der Waals surface area contributed by atoms with Crippen molar-refractivity contribution in [3.63, 3.8) is 0 Å². The summed E-state index contributed by atoms with van der Waals surface area (Å²) in [6, 6.07) is 5.23. The first kappa shape index (κ1) is 17.3. The van der Waals surface area contributed by atoms with Crippen LogP contribution in [0.2, 0.25) is 5.02 Å². The molecule has 0 aliphatic rings. The Hall–Kier alpha value is -0.740. The third-order valence-corrected chi connectivity index (χ3v) is 3.93. The van der Waals surface area contributed by atoms with Crippen molar-refractivity contribution in [1.29, 1.82) is 0 Å². The lowest BCUT2D eigenvalue weighted by molar-refractivity contribution is 0.304. The SMILES string of the molecule is COc1ccc(OCCCCCCP(=O)(O)O)c(Cl)c1. The van der Waals surface area contributed by atoms with Crippen LogP contribution in [-0.2, 0) is 4.57 Å². The molecule has 1 rings (SSSR count). The van der Waals surface area contributed by atoms with Crippen LogP contribution in [-0.4, -0.2) is 29.7 Å². The lowest BCUT2D eigenvalue weighted by atomic mass is 10.2. The Labute approximate surface area is 124 Å². The van der Waals surface area contributed by atoms with Crippen molar-refractivity contribution in [2.24, 2.45) is 0 Å². The van der Waals surface area contributed by atoms with Gasteiger partial charge in [-0.3, -0.25) is 4.57 Å². The number of rotatable bonds is 9. The molecule has 0 spiro atoms. The quantitative estimate of drug-likeness (QED) is 0.538. The normalized spacial score (nSPS) is 11.4. The molecule has 0 aliphatic carbocycles. The van der Waals surface area contributed by atoms with E-state index in [1.165, 1.54) is 0 Å². The third-order valence-electron chi connectivity index (χ3n) is 2.74. The summed E-state index contributed by atoms with van der Waals surface area (Å²) >= 11 is 6.03. The van der Waals surface area contributed by atoms with E-state index in [1.807, 2.05) is 0 Å². The first-order chi connectivity index (χ1) is 9.42. The molecule has 5 nitrogen and oxygen atoms in total. The molecule has 2 N–H and O–H groups in total. The van der Waals surface area contributed by atoms with Gasteiger partial charge in [-0.2, -0.15) is 0 Å². The van der Waals surface area contributed by atoms with Crippen molar-refractivity contribution in [2.75, 3.05) is 19.9 Å². The van der Waals surface area contributed by atoms with Crippen LogP contribution >= 0.6 is 19.2 Å². The van der Waals surface area contributed by atoms with E-state index in [1.54, 1.807) is 25.3 Å². The summed E-state index contributed by atoms with van der Waals surface area (Å²) in [6.07, 6.45) is 2.97. The van der Waals surface area contributed by atoms with Crippen LogP contribution in [0.15, 0.2) is 18.2 Å². The summed E-state index contributed by atoms with van der Waals surface area (Å²) in [5, 5.41) is 0.505. The molecular formula is C13H20ClO5P. The number of halogens is 1. The van der Waals surface area contributed by atoms with Gasteiger partial charge in [-0.15, -0.1) is 0 Å². The third kappa shape index (κ3) is 7.15. The van der Waals surface area contributed by atoms with Gasteiger partial charge < -0.3 is 19.3 Å².